The van der Waals surface area contributed by atoms with Crippen LogP contribution < -0.4 is 5.32 Å². The molecule has 1 aliphatic heterocycles. The first-order chi connectivity index (χ1) is 15.9. The Labute approximate surface area is 192 Å². The van der Waals surface area contributed by atoms with Gasteiger partial charge in [0.1, 0.15) is 0 Å². The molecule has 2 aromatic heterocycles. The summed E-state index contributed by atoms with van der Waals surface area (Å²) in [4.78, 5) is 17.7. The predicted molar refractivity (Wildman–Crippen MR) is 110 cm³/mol. The lowest BCUT2D eigenvalue weighted by atomic mass is 10.1. The van der Waals surface area contributed by atoms with Gasteiger partial charge in [0.05, 0.1) is 49.9 Å². The molecule has 3 heterocycles. The number of aryl methyl sites for hydroxylation is 1. The van der Waals surface area contributed by atoms with E-state index in [2.05, 4.69) is 15.4 Å². The van der Waals surface area contributed by atoms with Crippen molar-refractivity contribution in [1.29, 1.82) is 0 Å². The molecule has 4 rings (SSSR count). The van der Waals surface area contributed by atoms with E-state index in [4.69, 9.17) is 9.47 Å². The maximum Gasteiger partial charge on any atom is 0.417 e. The summed E-state index contributed by atoms with van der Waals surface area (Å²) >= 11 is 0. The summed E-state index contributed by atoms with van der Waals surface area (Å²) in [5, 5.41) is 6.45. The Balaban J connectivity index is 1.46. The summed E-state index contributed by atoms with van der Waals surface area (Å²) in [6.07, 6.45) is -1.22. The van der Waals surface area contributed by atoms with Crippen molar-refractivity contribution >= 4 is 11.7 Å². The van der Waals surface area contributed by atoms with Gasteiger partial charge in [-0.05, 0) is 38.7 Å². The highest BCUT2D eigenvalue weighted by atomic mass is 19.4. The standard InChI is InChI=1S/C21H26F5N5O3/c1-13(34-19(5-6-19)21(24,25)26)3-4-15-9-31-17(29-15)7-14(8-28-31)16(10-33-2)30-12-20(22,23)11-27-18(30)32/h7-9,13,16H,3-6,10-12H2,1-2H3,(H,27,32)/t13-,16-/m1/s1. The molecule has 1 aliphatic carbocycles. The lowest BCUT2D eigenvalue weighted by Gasteiger charge is -2.38. The van der Waals surface area contributed by atoms with Crippen molar-refractivity contribution in [3.8, 4) is 0 Å². The van der Waals surface area contributed by atoms with Crippen LogP contribution in [0.4, 0.5) is 26.7 Å². The third-order valence-electron chi connectivity index (χ3n) is 6.09. The summed E-state index contributed by atoms with van der Waals surface area (Å²) in [6.45, 7) is 0.0989. The highest BCUT2D eigenvalue weighted by molar-refractivity contribution is 5.76. The molecule has 1 saturated heterocycles. The van der Waals surface area contributed by atoms with Gasteiger partial charge < -0.3 is 19.7 Å². The zero-order valence-electron chi connectivity index (χ0n) is 18.7. The number of hydrogen-bond donors (Lipinski definition) is 1. The van der Waals surface area contributed by atoms with E-state index in [0.717, 1.165) is 4.90 Å². The molecule has 1 saturated carbocycles. The largest absolute Gasteiger partial charge is 0.417 e. The van der Waals surface area contributed by atoms with Gasteiger partial charge in [-0.15, -0.1) is 0 Å². The average molecular weight is 491 g/mol. The van der Waals surface area contributed by atoms with E-state index in [9.17, 15) is 26.7 Å². The Morgan fingerprint density at radius 1 is 1.29 bits per heavy atom. The van der Waals surface area contributed by atoms with Crippen LogP contribution in [0.15, 0.2) is 18.5 Å². The number of fused-ring (bicyclic) bond motifs is 1. The molecule has 2 aromatic rings. The zero-order valence-corrected chi connectivity index (χ0v) is 18.7. The van der Waals surface area contributed by atoms with E-state index in [-0.39, 0.29) is 19.4 Å². The minimum absolute atomic E-state index is 0.0223. The van der Waals surface area contributed by atoms with Crippen LogP contribution >= 0.6 is 0 Å². The number of halogens is 5. The summed E-state index contributed by atoms with van der Waals surface area (Å²) < 4.78 is 79.0. The van der Waals surface area contributed by atoms with E-state index >= 15 is 0 Å². The van der Waals surface area contributed by atoms with E-state index in [1.165, 1.54) is 17.8 Å². The maximum atomic E-state index is 13.9. The van der Waals surface area contributed by atoms with E-state index in [1.54, 1.807) is 19.2 Å². The molecule has 13 heteroatoms. The Hall–Kier alpha value is -2.54. The van der Waals surface area contributed by atoms with Crippen LogP contribution in [0.25, 0.3) is 5.65 Å². The summed E-state index contributed by atoms with van der Waals surface area (Å²) in [5.74, 6) is -3.08. The molecule has 2 fully saturated rings. The van der Waals surface area contributed by atoms with Gasteiger partial charge in [0.15, 0.2) is 11.2 Å². The lowest BCUT2D eigenvalue weighted by Crippen LogP contribution is -2.58. The Morgan fingerprint density at radius 3 is 2.68 bits per heavy atom. The Bertz CT molecular complexity index is 1040. The Kier molecular flexibility index (Phi) is 6.44. The highest BCUT2D eigenvalue weighted by Crippen LogP contribution is 2.52. The first kappa shape index (κ1) is 24.6. The minimum Gasteiger partial charge on any atom is -0.382 e. The van der Waals surface area contributed by atoms with Crippen molar-refractivity contribution < 1.29 is 36.2 Å². The number of hydrogen-bond acceptors (Lipinski definition) is 5. The first-order valence-corrected chi connectivity index (χ1v) is 10.9. The molecule has 0 spiro atoms. The fourth-order valence-corrected chi connectivity index (χ4v) is 4.08. The molecule has 2 aliphatic rings. The average Bonchev–Trinajstić information content (AvgIpc) is 3.43. The number of imidazole rings is 1. The van der Waals surface area contributed by atoms with Gasteiger partial charge in [-0.25, -0.2) is 23.1 Å². The number of ether oxygens (including phenoxy) is 2. The second kappa shape index (κ2) is 8.91. The number of methoxy groups -OCH3 is 1. The summed E-state index contributed by atoms with van der Waals surface area (Å²) in [5.41, 5.74) is -0.532. The number of aromatic nitrogens is 3. The van der Waals surface area contributed by atoms with E-state index in [0.29, 0.717) is 29.7 Å². The lowest BCUT2D eigenvalue weighted by molar-refractivity contribution is -0.247. The second-order valence-electron chi connectivity index (χ2n) is 8.90. The van der Waals surface area contributed by atoms with Crippen molar-refractivity contribution in [2.75, 3.05) is 26.8 Å². The van der Waals surface area contributed by atoms with Gasteiger partial charge in [0.2, 0.25) is 0 Å². The van der Waals surface area contributed by atoms with Gasteiger partial charge >= 0.3 is 12.2 Å². The van der Waals surface area contributed by atoms with Crippen molar-refractivity contribution in [3.63, 3.8) is 0 Å². The van der Waals surface area contributed by atoms with Crippen LogP contribution in [-0.2, 0) is 15.9 Å². The van der Waals surface area contributed by atoms with Crippen LogP contribution in [0, 0.1) is 0 Å². The highest BCUT2D eigenvalue weighted by Gasteiger charge is 2.65. The molecule has 34 heavy (non-hydrogen) atoms. The number of carbonyl (C=O) groups excluding carboxylic acids is 1. The molecular weight excluding hydrogens is 465 g/mol. The van der Waals surface area contributed by atoms with E-state index in [1.807, 2.05) is 0 Å². The number of carbonyl (C=O) groups is 1. The van der Waals surface area contributed by atoms with E-state index < -0.39 is 49.0 Å². The molecule has 2 atom stereocenters. The van der Waals surface area contributed by atoms with Crippen molar-refractivity contribution in [1.82, 2.24) is 24.8 Å². The topological polar surface area (TPSA) is 81.0 Å². The van der Waals surface area contributed by atoms with Gasteiger partial charge in [0.25, 0.3) is 5.92 Å². The van der Waals surface area contributed by atoms with Crippen LogP contribution in [0.5, 0.6) is 0 Å². The number of nitrogens with one attached hydrogen (secondary N) is 1. The van der Waals surface area contributed by atoms with Gasteiger partial charge in [-0.1, -0.05) is 0 Å². The number of amides is 2. The summed E-state index contributed by atoms with van der Waals surface area (Å²) in [6, 6.07) is 0.195. The molecule has 0 radical (unpaired) electrons. The van der Waals surface area contributed by atoms with Crippen molar-refractivity contribution in [3.05, 3.63) is 29.7 Å². The number of alkyl halides is 5. The van der Waals surface area contributed by atoms with Crippen molar-refractivity contribution in [2.45, 2.75) is 62.5 Å². The molecular formula is C21H26F5N5O3. The monoisotopic (exact) mass is 491 g/mol. The van der Waals surface area contributed by atoms with Crippen molar-refractivity contribution in [2.24, 2.45) is 0 Å². The minimum atomic E-state index is -4.38. The van der Waals surface area contributed by atoms with Crippen LogP contribution in [-0.4, -0.2) is 76.1 Å². The molecule has 2 amide bonds. The summed E-state index contributed by atoms with van der Waals surface area (Å²) in [7, 11) is 1.40. The maximum absolute atomic E-state index is 13.9. The second-order valence-corrected chi connectivity index (χ2v) is 8.90. The zero-order chi connectivity index (χ0) is 24.7. The molecule has 1 N–H and O–H groups in total. The molecule has 188 valence electrons. The number of urea groups is 1. The smallest absolute Gasteiger partial charge is 0.382 e. The third-order valence-corrected chi connectivity index (χ3v) is 6.09. The predicted octanol–water partition coefficient (Wildman–Crippen LogP) is 3.51. The normalized spacial score (nSPS) is 21.4. The van der Waals surface area contributed by atoms with Crippen LogP contribution in [0.2, 0.25) is 0 Å². The van der Waals surface area contributed by atoms with Gasteiger partial charge in [-0.3, -0.25) is 0 Å². The van der Waals surface area contributed by atoms with Crippen LogP contribution in [0.1, 0.15) is 43.5 Å². The fraction of sp³-hybridized carbons (Fsp3) is 0.667. The first-order valence-electron chi connectivity index (χ1n) is 10.9. The Morgan fingerprint density at radius 2 is 2.03 bits per heavy atom. The fourth-order valence-electron chi connectivity index (χ4n) is 4.08. The van der Waals surface area contributed by atoms with Gasteiger partial charge in [0, 0.05) is 12.7 Å². The molecule has 0 unspecified atom stereocenters. The van der Waals surface area contributed by atoms with Gasteiger partial charge in [-0.2, -0.15) is 18.3 Å². The molecule has 8 nitrogen and oxygen atoms in total. The third kappa shape index (κ3) is 5.09. The number of nitrogens with zero attached hydrogens (tertiary/aromatic N) is 4. The number of rotatable bonds is 9. The molecule has 0 aromatic carbocycles. The SMILES string of the molecule is COC[C@H](c1cnn2cc(CC[C@@H](C)OC3(C(F)(F)F)CC3)nc2c1)N1CC(F)(F)CNC1=O. The van der Waals surface area contributed by atoms with Crippen LogP contribution in [0.3, 0.4) is 0 Å². The molecule has 0 bridgehead atoms. The quantitative estimate of drug-likeness (QED) is 0.543.